The van der Waals surface area contributed by atoms with Gasteiger partial charge >= 0.3 is 11.9 Å². The largest absolute Gasteiger partial charge is 0.476 e. The lowest BCUT2D eigenvalue weighted by molar-refractivity contribution is -0.140. The van der Waals surface area contributed by atoms with Crippen molar-refractivity contribution in [2.45, 2.75) is 32.7 Å². The zero-order valence-electron chi connectivity index (χ0n) is 28.0. The third-order valence-electron chi connectivity index (χ3n) is 9.01. The lowest BCUT2D eigenvalue weighted by Crippen LogP contribution is -2.33. The minimum Gasteiger partial charge on any atom is -0.476 e. The second kappa shape index (κ2) is 14.4. The summed E-state index contributed by atoms with van der Waals surface area (Å²) >= 11 is 1.42. The molecule has 0 fully saturated rings. The third-order valence-corrected chi connectivity index (χ3v) is 9.96. The second-order valence-electron chi connectivity index (χ2n) is 12.2. The van der Waals surface area contributed by atoms with Crippen LogP contribution in [0.2, 0.25) is 0 Å². The monoisotopic (exact) mass is 698 g/mol. The van der Waals surface area contributed by atoms with Crippen molar-refractivity contribution in [3.8, 4) is 22.6 Å². The number of aromatic nitrogens is 2. The number of carboxylic acids is 1. The van der Waals surface area contributed by atoms with E-state index in [1.807, 2.05) is 103 Å². The first-order chi connectivity index (χ1) is 24.8. The molecule has 2 N–H and O–H groups in total. The van der Waals surface area contributed by atoms with Crippen LogP contribution in [0, 0.1) is 6.92 Å². The minimum absolute atomic E-state index is 0.0737. The van der Waals surface area contributed by atoms with Crippen molar-refractivity contribution >= 4 is 50.3 Å². The average molecular weight is 699 g/mol. The Morgan fingerprint density at radius 3 is 2.49 bits per heavy atom. The van der Waals surface area contributed by atoms with Gasteiger partial charge in [-0.2, -0.15) is 0 Å². The standard InChI is InChI=1S/C40H34N4O6S/c1-24-28(8-6-11-33(24)50-27-16-13-25(14-17-27)15-20-36(45)49-2)29-18-19-35(42-37(29)39(47)48)44-22-21-26-7-5-9-30(31(26)23-44)38(46)43-40-41-32-10-3-4-12-34(32)51-40/h3-14,16-19H,15,20-23H2,1-2H3,(H,47,48)(H,41,43,46). The summed E-state index contributed by atoms with van der Waals surface area (Å²) in [6.45, 7) is 2.90. The van der Waals surface area contributed by atoms with Crippen molar-refractivity contribution < 1.29 is 29.0 Å². The molecular weight excluding hydrogens is 665 g/mol. The number of fused-ring (bicyclic) bond motifs is 2. The number of benzene rings is 4. The summed E-state index contributed by atoms with van der Waals surface area (Å²) in [7, 11) is 1.37. The van der Waals surface area contributed by atoms with E-state index < -0.39 is 5.97 Å². The first-order valence-electron chi connectivity index (χ1n) is 16.5. The van der Waals surface area contributed by atoms with E-state index in [-0.39, 0.29) is 17.6 Å². The topological polar surface area (TPSA) is 131 Å². The van der Waals surface area contributed by atoms with E-state index in [9.17, 15) is 19.5 Å². The third kappa shape index (κ3) is 7.15. The molecule has 1 aliphatic rings. The van der Waals surface area contributed by atoms with E-state index in [0.29, 0.717) is 71.5 Å². The number of para-hydroxylation sites is 1. The van der Waals surface area contributed by atoms with Crippen LogP contribution in [0.1, 0.15) is 49.5 Å². The van der Waals surface area contributed by atoms with Crippen LogP contribution in [0.15, 0.2) is 97.1 Å². The number of methoxy groups -OCH3 is 1. The number of anilines is 2. The van der Waals surface area contributed by atoms with Gasteiger partial charge in [-0.25, -0.2) is 14.8 Å². The van der Waals surface area contributed by atoms with Crippen LogP contribution in [0.4, 0.5) is 10.9 Å². The fourth-order valence-electron chi connectivity index (χ4n) is 6.30. The molecule has 0 saturated heterocycles. The number of rotatable bonds is 10. The van der Waals surface area contributed by atoms with Gasteiger partial charge in [0.05, 0.1) is 17.3 Å². The number of amides is 1. The highest BCUT2D eigenvalue weighted by atomic mass is 32.1. The number of esters is 1. The molecule has 0 radical (unpaired) electrons. The molecule has 7 rings (SSSR count). The van der Waals surface area contributed by atoms with Gasteiger partial charge in [0.25, 0.3) is 5.91 Å². The summed E-state index contributed by atoms with van der Waals surface area (Å²) in [4.78, 5) is 48.9. The van der Waals surface area contributed by atoms with Crippen LogP contribution in [-0.2, 0) is 28.9 Å². The molecule has 51 heavy (non-hydrogen) atoms. The molecule has 0 atom stereocenters. The maximum Gasteiger partial charge on any atom is 0.355 e. The number of carboxylic acid groups (broad SMARTS) is 1. The fraction of sp³-hybridized carbons (Fsp3) is 0.175. The zero-order valence-corrected chi connectivity index (χ0v) is 28.8. The first-order valence-corrected chi connectivity index (χ1v) is 17.3. The van der Waals surface area contributed by atoms with E-state index in [2.05, 4.69) is 15.3 Å². The molecule has 0 unspecified atom stereocenters. The predicted octanol–water partition coefficient (Wildman–Crippen LogP) is 8.08. The van der Waals surface area contributed by atoms with Crippen molar-refractivity contribution in [1.29, 1.82) is 0 Å². The Bertz CT molecular complexity index is 2250. The number of aromatic carboxylic acids is 1. The molecule has 2 aromatic heterocycles. The lowest BCUT2D eigenvalue weighted by atomic mass is 9.94. The van der Waals surface area contributed by atoms with Crippen LogP contribution < -0.4 is 15.0 Å². The van der Waals surface area contributed by atoms with Gasteiger partial charge in [0.2, 0.25) is 0 Å². The van der Waals surface area contributed by atoms with Gasteiger partial charge < -0.3 is 19.5 Å². The molecule has 1 aliphatic heterocycles. The smallest absolute Gasteiger partial charge is 0.355 e. The first kappa shape index (κ1) is 33.4. The number of carbonyl (C=O) groups is 3. The molecule has 0 aliphatic carbocycles. The van der Waals surface area contributed by atoms with Crippen LogP contribution in [-0.4, -0.2) is 46.6 Å². The Morgan fingerprint density at radius 1 is 0.902 bits per heavy atom. The molecule has 10 nitrogen and oxygen atoms in total. The second-order valence-corrected chi connectivity index (χ2v) is 13.2. The maximum atomic E-state index is 13.5. The van der Waals surface area contributed by atoms with Crippen LogP contribution in [0.5, 0.6) is 11.5 Å². The van der Waals surface area contributed by atoms with Crippen molar-refractivity contribution in [3.05, 3.63) is 131 Å². The average Bonchev–Trinajstić information content (AvgIpc) is 3.57. The number of hydrogen-bond acceptors (Lipinski definition) is 9. The van der Waals surface area contributed by atoms with Crippen molar-refractivity contribution in [1.82, 2.24) is 9.97 Å². The summed E-state index contributed by atoms with van der Waals surface area (Å²) in [5.74, 6) is 0.0632. The Labute approximate surface area is 298 Å². The van der Waals surface area contributed by atoms with E-state index >= 15 is 0 Å². The van der Waals surface area contributed by atoms with Gasteiger partial charge in [-0.15, -0.1) is 0 Å². The van der Waals surface area contributed by atoms with Gasteiger partial charge in [0, 0.05) is 30.6 Å². The molecule has 0 bridgehead atoms. The van der Waals surface area contributed by atoms with Crippen LogP contribution >= 0.6 is 11.3 Å². The molecule has 1 amide bonds. The van der Waals surface area contributed by atoms with Crippen molar-refractivity contribution in [2.75, 3.05) is 23.9 Å². The van der Waals surface area contributed by atoms with Crippen molar-refractivity contribution in [3.63, 3.8) is 0 Å². The number of nitrogens with zero attached hydrogens (tertiary/aromatic N) is 3. The molecule has 6 aromatic rings. The van der Waals surface area contributed by atoms with Gasteiger partial charge in [0.1, 0.15) is 17.3 Å². The summed E-state index contributed by atoms with van der Waals surface area (Å²) in [5.41, 5.74) is 6.17. The van der Waals surface area contributed by atoms with Gasteiger partial charge in [-0.05, 0) is 96.1 Å². The minimum atomic E-state index is -1.14. The zero-order chi connectivity index (χ0) is 35.5. The molecule has 3 heterocycles. The maximum absolute atomic E-state index is 13.5. The van der Waals surface area contributed by atoms with Crippen LogP contribution in [0.25, 0.3) is 21.3 Å². The van der Waals surface area contributed by atoms with Gasteiger partial charge in [-0.1, -0.05) is 59.9 Å². The summed E-state index contributed by atoms with van der Waals surface area (Å²) < 4.78 is 11.9. The molecular formula is C40H34N4O6S. The number of hydrogen-bond donors (Lipinski definition) is 2. The number of carbonyl (C=O) groups excluding carboxylic acids is 2. The molecule has 0 saturated carbocycles. The number of nitrogens with one attached hydrogen (secondary N) is 1. The van der Waals surface area contributed by atoms with E-state index in [0.717, 1.165) is 32.5 Å². The van der Waals surface area contributed by atoms with Gasteiger partial charge in [-0.3, -0.25) is 14.9 Å². The summed E-state index contributed by atoms with van der Waals surface area (Å²) in [6.07, 6.45) is 1.54. The number of aryl methyl sites for hydroxylation is 1. The fourth-order valence-corrected chi connectivity index (χ4v) is 7.16. The summed E-state index contributed by atoms with van der Waals surface area (Å²) in [5, 5.41) is 13.8. The molecule has 11 heteroatoms. The van der Waals surface area contributed by atoms with Crippen LogP contribution in [0.3, 0.4) is 0 Å². The van der Waals surface area contributed by atoms with E-state index in [4.69, 9.17) is 9.47 Å². The SMILES string of the molecule is COC(=O)CCc1ccc(Oc2cccc(-c3ccc(N4CCc5cccc(C(=O)Nc6nc7ccccc7s6)c5C4)nc3C(=O)O)c2C)cc1. The number of thiazole rings is 1. The van der Waals surface area contributed by atoms with Crippen molar-refractivity contribution in [2.24, 2.45) is 0 Å². The Hall–Kier alpha value is -6.07. The molecule has 256 valence electrons. The number of pyridine rings is 1. The number of ether oxygens (including phenoxy) is 2. The highest BCUT2D eigenvalue weighted by Crippen LogP contribution is 2.36. The van der Waals surface area contributed by atoms with E-state index in [1.54, 1.807) is 6.07 Å². The summed E-state index contributed by atoms with van der Waals surface area (Å²) in [6, 6.07) is 30.1. The van der Waals surface area contributed by atoms with E-state index in [1.165, 1.54) is 18.4 Å². The highest BCUT2D eigenvalue weighted by molar-refractivity contribution is 7.22. The Kier molecular flexibility index (Phi) is 9.45. The predicted molar refractivity (Wildman–Crippen MR) is 197 cm³/mol. The lowest BCUT2D eigenvalue weighted by Gasteiger charge is -2.31. The molecule has 4 aromatic carbocycles. The quantitative estimate of drug-likeness (QED) is 0.136. The van der Waals surface area contributed by atoms with Gasteiger partial charge in [0.15, 0.2) is 10.8 Å². The highest BCUT2D eigenvalue weighted by Gasteiger charge is 2.25. The normalized spacial score (nSPS) is 12.3. The Morgan fingerprint density at radius 2 is 1.71 bits per heavy atom. The molecule has 0 spiro atoms. The Balaban J connectivity index is 1.11.